The maximum atomic E-state index is 11.3. The van der Waals surface area contributed by atoms with Crippen LogP contribution in [0.4, 0.5) is 0 Å². The van der Waals surface area contributed by atoms with Crippen LogP contribution in [-0.2, 0) is 13.1 Å². The van der Waals surface area contributed by atoms with E-state index in [1.54, 1.807) is 6.07 Å². The fraction of sp³-hybridized carbons (Fsp3) is 0.471. The Hall–Kier alpha value is -2.21. The number of carbonyl (C=O) groups is 1. The number of hydrogen-bond acceptors (Lipinski definition) is 4. The van der Waals surface area contributed by atoms with Crippen molar-refractivity contribution in [3.8, 4) is 0 Å². The highest BCUT2D eigenvalue weighted by atomic mass is 16.1. The summed E-state index contributed by atoms with van der Waals surface area (Å²) in [4.78, 5) is 18.2. The second-order valence-electron chi connectivity index (χ2n) is 6.22. The van der Waals surface area contributed by atoms with Crippen LogP contribution in [0.25, 0.3) is 0 Å². The van der Waals surface area contributed by atoms with Gasteiger partial charge in [-0.3, -0.25) is 9.69 Å². The molecule has 3 rings (SSSR count). The van der Waals surface area contributed by atoms with Crippen LogP contribution in [-0.4, -0.2) is 38.2 Å². The number of benzene rings is 1. The number of rotatable bonds is 5. The Morgan fingerprint density at radius 2 is 2.22 bits per heavy atom. The van der Waals surface area contributed by atoms with Crippen LogP contribution in [0.5, 0.6) is 0 Å². The average Bonchev–Trinajstić information content (AvgIpc) is 3.06. The van der Waals surface area contributed by atoms with Gasteiger partial charge in [0, 0.05) is 18.2 Å². The number of nitrogens with zero attached hydrogens (tertiary/aromatic N) is 4. The Morgan fingerprint density at radius 1 is 1.39 bits per heavy atom. The molecule has 1 aliphatic heterocycles. The van der Waals surface area contributed by atoms with E-state index in [2.05, 4.69) is 15.0 Å². The molecule has 2 aromatic rings. The molecule has 1 aromatic heterocycles. The van der Waals surface area contributed by atoms with E-state index >= 15 is 0 Å². The summed E-state index contributed by atoms with van der Waals surface area (Å²) < 4.78 is 2.00. The van der Waals surface area contributed by atoms with Gasteiger partial charge in [0.25, 0.3) is 0 Å². The van der Waals surface area contributed by atoms with E-state index in [9.17, 15) is 4.79 Å². The molecule has 122 valence electrons. The van der Waals surface area contributed by atoms with E-state index < -0.39 is 0 Å². The Bertz CT molecular complexity index is 709. The van der Waals surface area contributed by atoms with Gasteiger partial charge in [0.2, 0.25) is 5.91 Å². The smallest absolute Gasteiger partial charge is 0.248 e. The third-order valence-corrected chi connectivity index (χ3v) is 4.44. The fourth-order valence-corrected chi connectivity index (χ4v) is 3.30. The molecule has 1 fully saturated rings. The number of aryl methyl sites for hydroxylation is 2. The van der Waals surface area contributed by atoms with Crippen molar-refractivity contribution < 1.29 is 4.79 Å². The third kappa shape index (κ3) is 3.59. The monoisotopic (exact) mass is 313 g/mol. The molecule has 23 heavy (non-hydrogen) atoms. The fourth-order valence-electron chi connectivity index (χ4n) is 3.30. The molecule has 0 spiro atoms. The van der Waals surface area contributed by atoms with Crippen LogP contribution in [0.2, 0.25) is 0 Å². The zero-order chi connectivity index (χ0) is 16.4. The molecule has 0 radical (unpaired) electrons. The highest BCUT2D eigenvalue weighted by Crippen LogP contribution is 2.22. The number of hydrogen-bond donors (Lipinski definition) is 1. The quantitative estimate of drug-likeness (QED) is 0.910. The SMILES string of the molecule is Cc1nc(C)n(CC2CCCN2Cc2cccc(C(N)=O)c2)n1. The van der Waals surface area contributed by atoms with E-state index in [1.165, 1.54) is 6.42 Å². The minimum Gasteiger partial charge on any atom is -0.366 e. The van der Waals surface area contributed by atoms with Crippen LogP contribution in [0.15, 0.2) is 24.3 Å². The largest absolute Gasteiger partial charge is 0.366 e. The van der Waals surface area contributed by atoms with Crippen LogP contribution in [0, 0.1) is 13.8 Å². The van der Waals surface area contributed by atoms with Gasteiger partial charge in [-0.1, -0.05) is 12.1 Å². The van der Waals surface area contributed by atoms with Gasteiger partial charge in [-0.25, -0.2) is 9.67 Å². The molecular weight excluding hydrogens is 290 g/mol. The molecule has 6 nitrogen and oxygen atoms in total. The summed E-state index contributed by atoms with van der Waals surface area (Å²) in [6.07, 6.45) is 2.35. The molecule has 2 N–H and O–H groups in total. The molecule has 1 amide bonds. The van der Waals surface area contributed by atoms with Gasteiger partial charge in [0.1, 0.15) is 11.6 Å². The summed E-state index contributed by atoms with van der Waals surface area (Å²) in [6.45, 7) is 6.68. The molecular formula is C17H23N5O. The lowest BCUT2D eigenvalue weighted by Gasteiger charge is -2.24. The molecule has 1 atom stereocenters. The van der Waals surface area contributed by atoms with Crippen molar-refractivity contribution in [1.82, 2.24) is 19.7 Å². The maximum Gasteiger partial charge on any atom is 0.248 e. The Kier molecular flexibility index (Phi) is 4.43. The predicted octanol–water partition coefficient (Wildman–Crippen LogP) is 1.66. The van der Waals surface area contributed by atoms with Crippen molar-refractivity contribution in [3.63, 3.8) is 0 Å². The van der Waals surface area contributed by atoms with Crippen molar-refractivity contribution in [2.45, 2.75) is 45.8 Å². The molecule has 2 heterocycles. The predicted molar refractivity (Wildman–Crippen MR) is 87.9 cm³/mol. The molecule has 0 bridgehead atoms. The lowest BCUT2D eigenvalue weighted by Crippen LogP contribution is -2.33. The molecule has 1 saturated heterocycles. The first-order valence-corrected chi connectivity index (χ1v) is 8.04. The number of nitrogens with two attached hydrogens (primary N) is 1. The van der Waals surface area contributed by atoms with Crippen molar-refractivity contribution in [2.24, 2.45) is 5.73 Å². The molecule has 1 aliphatic rings. The standard InChI is InChI=1S/C17H23N5O/c1-12-19-13(2)22(20-12)11-16-7-4-8-21(16)10-14-5-3-6-15(9-14)17(18)23/h3,5-6,9,16H,4,7-8,10-11H2,1-2H3,(H2,18,23). The van der Waals surface area contributed by atoms with Gasteiger partial charge in [-0.15, -0.1) is 0 Å². The second kappa shape index (κ2) is 6.50. The molecule has 1 unspecified atom stereocenters. The molecule has 0 aliphatic carbocycles. The van der Waals surface area contributed by atoms with Gasteiger partial charge in [0.15, 0.2) is 0 Å². The molecule has 0 saturated carbocycles. The van der Waals surface area contributed by atoms with Crippen LogP contribution in [0.1, 0.15) is 40.4 Å². The van der Waals surface area contributed by atoms with Crippen LogP contribution >= 0.6 is 0 Å². The average molecular weight is 313 g/mol. The minimum atomic E-state index is -0.376. The van der Waals surface area contributed by atoms with E-state index in [0.717, 1.165) is 43.3 Å². The number of amides is 1. The lowest BCUT2D eigenvalue weighted by atomic mass is 10.1. The normalized spacial score (nSPS) is 18.4. The molecule has 1 aromatic carbocycles. The van der Waals surface area contributed by atoms with Gasteiger partial charge in [0.05, 0.1) is 6.54 Å². The Labute approximate surface area is 136 Å². The van der Waals surface area contributed by atoms with Crippen molar-refractivity contribution in [1.29, 1.82) is 0 Å². The highest BCUT2D eigenvalue weighted by Gasteiger charge is 2.25. The summed E-state index contributed by atoms with van der Waals surface area (Å²) in [6, 6.07) is 8.04. The zero-order valence-electron chi connectivity index (χ0n) is 13.7. The van der Waals surface area contributed by atoms with Crippen LogP contribution < -0.4 is 5.73 Å². The van der Waals surface area contributed by atoms with E-state index in [1.807, 2.05) is 36.7 Å². The summed E-state index contributed by atoms with van der Waals surface area (Å²) in [5.74, 6) is 1.41. The van der Waals surface area contributed by atoms with Gasteiger partial charge in [-0.2, -0.15) is 5.10 Å². The zero-order valence-corrected chi connectivity index (χ0v) is 13.7. The second-order valence-corrected chi connectivity index (χ2v) is 6.22. The number of aromatic nitrogens is 3. The number of carbonyl (C=O) groups excluding carboxylic acids is 1. The van der Waals surface area contributed by atoms with E-state index in [4.69, 9.17) is 5.73 Å². The first kappa shape index (κ1) is 15.7. The van der Waals surface area contributed by atoms with Gasteiger partial charge >= 0.3 is 0 Å². The first-order chi connectivity index (χ1) is 11.0. The van der Waals surface area contributed by atoms with Gasteiger partial charge < -0.3 is 5.73 Å². The maximum absolute atomic E-state index is 11.3. The van der Waals surface area contributed by atoms with Gasteiger partial charge in [-0.05, 0) is 50.9 Å². The summed E-state index contributed by atoms with van der Waals surface area (Å²) >= 11 is 0. The topological polar surface area (TPSA) is 77.0 Å². The van der Waals surface area contributed by atoms with Crippen molar-refractivity contribution in [2.75, 3.05) is 6.54 Å². The Balaban J connectivity index is 1.70. The number of likely N-dealkylation sites (tertiary alicyclic amines) is 1. The van der Waals surface area contributed by atoms with E-state index in [0.29, 0.717) is 11.6 Å². The summed E-state index contributed by atoms with van der Waals surface area (Å²) in [5, 5.41) is 4.47. The Morgan fingerprint density at radius 3 is 2.91 bits per heavy atom. The summed E-state index contributed by atoms with van der Waals surface area (Å²) in [7, 11) is 0. The molecule has 6 heteroatoms. The van der Waals surface area contributed by atoms with Crippen molar-refractivity contribution >= 4 is 5.91 Å². The number of primary amides is 1. The highest BCUT2D eigenvalue weighted by molar-refractivity contribution is 5.92. The van der Waals surface area contributed by atoms with Crippen molar-refractivity contribution in [3.05, 3.63) is 47.0 Å². The minimum absolute atomic E-state index is 0.376. The van der Waals surface area contributed by atoms with E-state index in [-0.39, 0.29) is 5.91 Å². The first-order valence-electron chi connectivity index (χ1n) is 8.04. The van der Waals surface area contributed by atoms with Crippen LogP contribution in [0.3, 0.4) is 0 Å². The summed E-state index contributed by atoms with van der Waals surface area (Å²) in [5.41, 5.74) is 7.06. The lowest BCUT2D eigenvalue weighted by molar-refractivity contribution is 0.1000. The third-order valence-electron chi connectivity index (χ3n) is 4.44.